The van der Waals surface area contributed by atoms with E-state index in [4.69, 9.17) is 16.3 Å². The second-order valence-corrected chi connectivity index (χ2v) is 11.9. The highest BCUT2D eigenvalue weighted by atomic mass is 35.5. The number of nitrogens with zero attached hydrogens (tertiary/aromatic N) is 2. The Labute approximate surface area is 218 Å². The number of ether oxygens (including phenoxy) is 1. The van der Waals surface area contributed by atoms with Crippen LogP contribution in [0.2, 0.25) is 5.02 Å². The van der Waals surface area contributed by atoms with Crippen molar-refractivity contribution in [1.82, 2.24) is 15.3 Å². The van der Waals surface area contributed by atoms with Gasteiger partial charge in [-0.05, 0) is 63.1 Å². The molecule has 10 heteroatoms. The highest BCUT2D eigenvalue weighted by molar-refractivity contribution is 7.92. The van der Waals surface area contributed by atoms with Gasteiger partial charge in [-0.15, -0.1) is 0 Å². The molecule has 3 aromatic rings. The molecule has 0 radical (unpaired) electrons. The van der Waals surface area contributed by atoms with Crippen LogP contribution < -0.4 is 20.7 Å². The molecule has 2 aromatic carbocycles. The second kappa shape index (κ2) is 12.4. The maximum absolute atomic E-state index is 12.8. The third-order valence-corrected chi connectivity index (χ3v) is 8.00. The van der Waals surface area contributed by atoms with Crippen LogP contribution in [0.5, 0.6) is 5.75 Å². The van der Waals surface area contributed by atoms with Crippen LogP contribution in [0.25, 0.3) is 0 Å². The molecule has 0 aliphatic rings. The first-order chi connectivity index (χ1) is 17.1. The molecule has 8 nitrogen and oxygen atoms in total. The van der Waals surface area contributed by atoms with Crippen molar-refractivity contribution in [2.45, 2.75) is 56.7 Å². The lowest BCUT2D eigenvalue weighted by atomic mass is 10.1. The van der Waals surface area contributed by atoms with Gasteiger partial charge >= 0.3 is 0 Å². The normalized spacial score (nSPS) is 11.7. The van der Waals surface area contributed by atoms with Crippen molar-refractivity contribution in [3.8, 4) is 5.75 Å². The first-order valence-electron chi connectivity index (χ1n) is 11.9. The zero-order chi connectivity index (χ0) is 26.3. The van der Waals surface area contributed by atoms with Crippen LogP contribution in [-0.4, -0.2) is 43.3 Å². The minimum absolute atomic E-state index is 0.186. The van der Waals surface area contributed by atoms with Crippen molar-refractivity contribution in [2.75, 3.05) is 24.3 Å². The monoisotopic (exact) mass is 531 g/mol. The van der Waals surface area contributed by atoms with E-state index >= 15 is 0 Å². The topological polar surface area (TPSA) is 105 Å². The van der Waals surface area contributed by atoms with Crippen LogP contribution in [0.1, 0.15) is 39.7 Å². The third-order valence-electron chi connectivity index (χ3n) is 5.52. The zero-order valence-corrected chi connectivity index (χ0v) is 22.9. The Morgan fingerprint density at radius 3 is 2.47 bits per heavy atom. The van der Waals surface area contributed by atoms with E-state index in [0.29, 0.717) is 23.4 Å². The van der Waals surface area contributed by atoms with Gasteiger partial charge in [0.1, 0.15) is 10.8 Å². The van der Waals surface area contributed by atoms with Gasteiger partial charge in [0.05, 0.1) is 34.8 Å². The molecule has 194 valence electrons. The minimum atomic E-state index is -3.51. The fraction of sp³-hybridized carbons (Fsp3) is 0.385. The molecule has 0 aliphatic carbocycles. The lowest BCUT2D eigenvalue weighted by molar-refractivity contribution is 0.416. The standard InChI is InChI=1S/C26H34ClN5O3S/c1-17(2)28-14-8-9-19-12-13-23(35-5)22(15-19)31-26-29-16-20(27)25(32-26)30-21-10-6-7-11-24(21)36(33,34)18(3)4/h6-7,10-13,15-18,28H,8-9,14H2,1-5H3,(H2,29,30,31,32). The minimum Gasteiger partial charge on any atom is -0.495 e. The predicted octanol–water partition coefficient (Wildman–Crippen LogP) is 5.74. The summed E-state index contributed by atoms with van der Waals surface area (Å²) in [5.41, 5.74) is 2.28. The number of para-hydroxylation sites is 1. The molecule has 1 heterocycles. The van der Waals surface area contributed by atoms with Crippen LogP contribution >= 0.6 is 11.6 Å². The van der Waals surface area contributed by atoms with Crippen LogP contribution in [0.3, 0.4) is 0 Å². The molecule has 0 spiro atoms. The van der Waals surface area contributed by atoms with Crippen molar-refractivity contribution in [3.63, 3.8) is 0 Å². The number of hydrogen-bond donors (Lipinski definition) is 3. The first-order valence-corrected chi connectivity index (χ1v) is 13.8. The molecule has 0 aliphatic heterocycles. The van der Waals surface area contributed by atoms with Crippen LogP contribution in [0.4, 0.5) is 23.1 Å². The van der Waals surface area contributed by atoms with Gasteiger partial charge in [-0.1, -0.05) is 43.6 Å². The molecule has 0 bridgehead atoms. The van der Waals surface area contributed by atoms with E-state index in [-0.39, 0.29) is 15.7 Å². The van der Waals surface area contributed by atoms with Gasteiger partial charge in [0, 0.05) is 6.04 Å². The summed E-state index contributed by atoms with van der Waals surface area (Å²) in [6.45, 7) is 8.50. The Morgan fingerprint density at radius 1 is 1.03 bits per heavy atom. The number of anilines is 4. The molecular weight excluding hydrogens is 498 g/mol. The van der Waals surface area contributed by atoms with Gasteiger partial charge in [-0.2, -0.15) is 4.98 Å². The zero-order valence-electron chi connectivity index (χ0n) is 21.3. The lowest BCUT2D eigenvalue weighted by Gasteiger charge is -2.16. The van der Waals surface area contributed by atoms with Gasteiger partial charge in [-0.3, -0.25) is 0 Å². The number of halogens is 1. The molecule has 3 N–H and O–H groups in total. The van der Waals surface area contributed by atoms with Gasteiger partial charge in [0.2, 0.25) is 5.95 Å². The maximum Gasteiger partial charge on any atom is 0.229 e. The van der Waals surface area contributed by atoms with Crippen molar-refractivity contribution in [3.05, 3.63) is 59.2 Å². The SMILES string of the molecule is COc1ccc(CCCNC(C)C)cc1Nc1ncc(Cl)c(Nc2ccccc2S(=O)(=O)C(C)C)n1. The largest absolute Gasteiger partial charge is 0.495 e. The van der Waals surface area contributed by atoms with E-state index in [2.05, 4.69) is 39.8 Å². The average molecular weight is 532 g/mol. The molecule has 1 aromatic heterocycles. The molecule has 0 saturated carbocycles. The Balaban J connectivity index is 1.84. The number of aryl methyl sites for hydroxylation is 1. The fourth-order valence-electron chi connectivity index (χ4n) is 3.53. The summed E-state index contributed by atoms with van der Waals surface area (Å²) < 4.78 is 31.2. The quantitative estimate of drug-likeness (QED) is 0.254. The molecule has 0 saturated heterocycles. The fourth-order valence-corrected chi connectivity index (χ4v) is 4.87. The Morgan fingerprint density at radius 2 is 1.78 bits per heavy atom. The van der Waals surface area contributed by atoms with E-state index in [1.54, 1.807) is 45.2 Å². The Hall–Kier alpha value is -2.88. The number of nitrogens with one attached hydrogen (secondary N) is 3. The van der Waals surface area contributed by atoms with E-state index < -0.39 is 15.1 Å². The Bertz CT molecular complexity index is 1280. The summed E-state index contributed by atoms with van der Waals surface area (Å²) in [4.78, 5) is 8.99. The predicted molar refractivity (Wildman–Crippen MR) is 147 cm³/mol. The van der Waals surface area contributed by atoms with Gasteiger partial charge in [0.15, 0.2) is 15.7 Å². The van der Waals surface area contributed by atoms with Crippen molar-refractivity contribution in [1.29, 1.82) is 0 Å². The maximum atomic E-state index is 12.8. The summed E-state index contributed by atoms with van der Waals surface area (Å²) in [6, 6.07) is 13.1. The van der Waals surface area contributed by atoms with E-state index in [0.717, 1.165) is 30.6 Å². The summed E-state index contributed by atoms with van der Waals surface area (Å²) in [5.74, 6) is 1.24. The number of benzene rings is 2. The number of sulfone groups is 1. The summed E-state index contributed by atoms with van der Waals surface area (Å²) in [6.07, 6.45) is 3.38. The van der Waals surface area contributed by atoms with Gasteiger partial charge in [-0.25, -0.2) is 13.4 Å². The van der Waals surface area contributed by atoms with E-state index in [9.17, 15) is 8.42 Å². The van der Waals surface area contributed by atoms with Crippen molar-refractivity contribution >= 4 is 44.6 Å². The van der Waals surface area contributed by atoms with Crippen LogP contribution in [0, 0.1) is 0 Å². The van der Waals surface area contributed by atoms with Crippen LogP contribution in [0.15, 0.2) is 53.6 Å². The number of methoxy groups -OCH3 is 1. The highest BCUT2D eigenvalue weighted by Crippen LogP contribution is 2.32. The number of rotatable bonds is 12. The second-order valence-electron chi connectivity index (χ2n) is 8.98. The molecule has 0 fully saturated rings. The molecular formula is C26H34ClN5O3S. The molecule has 0 amide bonds. The molecule has 0 atom stereocenters. The van der Waals surface area contributed by atoms with Gasteiger partial charge in [0.25, 0.3) is 0 Å². The first kappa shape index (κ1) is 27.7. The molecule has 36 heavy (non-hydrogen) atoms. The highest BCUT2D eigenvalue weighted by Gasteiger charge is 2.23. The lowest BCUT2D eigenvalue weighted by Crippen LogP contribution is -2.23. The van der Waals surface area contributed by atoms with Crippen molar-refractivity contribution < 1.29 is 13.2 Å². The summed E-state index contributed by atoms with van der Waals surface area (Å²) >= 11 is 6.36. The van der Waals surface area contributed by atoms with Crippen LogP contribution in [-0.2, 0) is 16.3 Å². The smallest absolute Gasteiger partial charge is 0.229 e. The van der Waals surface area contributed by atoms with Crippen molar-refractivity contribution in [2.24, 2.45) is 0 Å². The number of aromatic nitrogens is 2. The molecule has 0 unspecified atom stereocenters. The Kier molecular flexibility index (Phi) is 9.53. The third kappa shape index (κ3) is 7.09. The molecule has 3 rings (SSSR count). The van der Waals surface area contributed by atoms with Gasteiger partial charge < -0.3 is 20.7 Å². The van der Waals surface area contributed by atoms with E-state index in [1.165, 1.54) is 6.20 Å². The average Bonchev–Trinajstić information content (AvgIpc) is 2.84. The number of hydrogen-bond acceptors (Lipinski definition) is 8. The summed E-state index contributed by atoms with van der Waals surface area (Å²) in [5, 5.41) is 9.40. The summed E-state index contributed by atoms with van der Waals surface area (Å²) in [7, 11) is -1.91. The van der Waals surface area contributed by atoms with E-state index in [1.807, 2.05) is 18.2 Å².